The van der Waals surface area contributed by atoms with Gasteiger partial charge in [0.05, 0.1) is 13.2 Å². The topological polar surface area (TPSA) is 117 Å². The molecule has 0 aromatic carbocycles. The van der Waals surface area contributed by atoms with Crippen LogP contribution in [0.25, 0.3) is 0 Å². The van der Waals surface area contributed by atoms with E-state index in [2.05, 4.69) is 0 Å². The molecule has 22 heavy (non-hydrogen) atoms. The minimum absolute atomic E-state index is 0.0157. The van der Waals surface area contributed by atoms with Crippen molar-refractivity contribution in [3.63, 3.8) is 0 Å². The number of aliphatic hydroxyl groups excluding tert-OH is 2. The maximum absolute atomic E-state index is 11.5. The Balaban J connectivity index is 3.90. The van der Waals surface area contributed by atoms with Gasteiger partial charge >= 0.3 is 8.25 Å². The molecule has 0 fully saturated rings. The molecule has 0 rings (SSSR count). The Morgan fingerprint density at radius 3 is 1.50 bits per heavy atom. The lowest BCUT2D eigenvalue weighted by atomic mass is 10.4. The molecule has 0 bridgehead atoms. The Labute approximate surface area is 130 Å². The Morgan fingerprint density at radius 2 is 1.23 bits per heavy atom. The fourth-order valence-electron chi connectivity index (χ4n) is 1.58. The average molecular weight is 339 g/mol. The Bertz CT molecular complexity index is 335. The molecule has 0 aromatic rings. The summed E-state index contributed by atoms with van der Waals surface area (Å²) in [5, 5.41) is 17.6. The SMILES string of the molecule is CC(=O)N(CCO)CCO[P+](=O)OCCN(CCO)C(C)=O. The zero-order chi connectivity index (χ0) is 17.0. The highest BCUT2D eigenvalue weighted by Gasteiger charge is 2.22. The van der Waals surface area contributed by atoms with E-state index in [4.69, 9.17) is 19.3 Å². The van der Waals surface area contributed by atoms with Crippen LogP contribution in [0.3, 0.4) is 0 Å². The van der Waals surface area contributed by atoms with Crippen LogP contribution in [-0.4, -0.2) is 84.4 Å². The zero-order valence-electron chi connectivity index (χ0n) is 12.9. The van der Waals surface area contributed by atoms with Crippen molar-refractivity contribution in [3.8, 4) is 0 Å². The highest BCUT2D eigenvalue weighted by atomic mass is 31.1. The van der Waals surface area contributed by atoms with Crippen molar-refractivity contribution in [1.29, 1.82) is 0 Å². The second-order valence-electron chi connectivity index (χ2n) is 4.35. The van der Waals surface area contributed by atoms with E-state index < -0.39 is 8.25 Å². The highest BCUT2D eigenvalue weighted by molar-refractivity contribution is 7.33. The van der Waals surface area contributed by atoms with Crippen molar-refractivity contribution in [1.82, 2.24) is 9.80 Å². The molecule has 2 amide bonds. The van der Waals surface area contributed by atoms with Crippen LogP contribution >= 0.6 is 8.25 Å². The number of aliphatic hydroxyl groups is 2. The predicted octanol–water partition coefficient (Wildman–Crippen LogP) is -0.641. The summed E-state index contributed by atoms with van der Waals surface area (Å²) in [7, 11) is -2.35. The lowest BCUT2D eigenvalue weighted by molar-refractivity contribution is -0.130. The van der Waals surface area contributed by atoms with Crippen LogP contribution in [0.15, 0.2) is 0 Å². The van der Waals surface area contributed by atoms with E-state index in [1.807, 2.05) is 0 Å². The molecule has 0 radical (unpaired) electrons. The van der Waals surface area contributed by atoms with Gasteiger partial charge in [0, 0.05) is 44.6 Å². The average Bonchev–Trinajstić information content (AvgIpc) is 2.45. The lowest BCUT2D eigenvalue weighted by Gasteiger charge is -2.18. The maximum Gasteiger partial charge on any atom is 0.697 e. The third-order valence-corrected chi connectivity index (χ3v) is 3.53. The summed E-state index contributed by atoms with van der Waals surface area (Å²) in [4.78, 5) is 25.1. The fraction of sp³-hybridized carbons (Fsp3) is 0.833. The minimum atomic E-state index is -2.35. The molecule has 0 unspecified atom stereocenters. The summed E-state index contributed by atoms with van der Waals surface area (Å²) in [6, 6.07) is 0. The quantitative estimate of drug-likeness (QED) is 0.454. The molecule has 0 heterocycles. The Morgan fingerprint density at radius 1 is 0.864 bits per heavy atom. The molecule has 0 aliphatic heterocycles. The number of rotatable bonds is 12. The molecule has 10 heteroatoms. The van der Waals surface area contributed by atoms with E-state index in [-0.39, 0.29) is 64.4 Å². The van der Waals surface area contributed by atoms with Crippen molar-refractivity contribution >= 4 is 20.1 Å². The van der Waals surface area contributed by atoms with Crippen LogP contribution < -0.4 is 0 Å². The van der Waals surface area contributed by atoms with E-state index in [0.29, 0.717) is 0 Å². The van der Waals surface area contributed by atoms with Crippen LogP contribution in [0.2, 0.25) is 0 Å². The van der Waals surface area contributed by atoms with Crippen LogP contribution in [0.5, 0.6) is 0 Å². The van der Waals surface area contributed by atoms with Gasteiger partial charge in [-0.25, -0.2) is 0 Å². The fourth-order valence-corrected chi connectivity index (χ4v) is 2.12. The third-order valence-electron chi connectivity index (χ3n) is 2.75. The Hall–Kier alpha value is -1.12. The van der Waals surface area contributed by atoms with Gasteiger partial charge < -0.3 is 20.0 Å². The van der Waals surface area contributed by atoms with Gasteiger partial charge in [0.1, 0.15) is 13.2 Å². The standard InChI is InChI=1S/C12H24N2O7P/c1-11(17)13(3-7-15)5-9-20-22(19)21-10-6-14(4-8-16)12(2)18/h15-16H,3-10H2,1-2H3/q+1. The third kappa shape index (κ3) is 9.75. The number of carbonyl (C=O) groups excluding carboxylic acids is 2. The second kappa shape index (κ2) is 12.4. The minimum Gasteiger partial charge on any atom is -0.395 e. The van der Waals surface area contributed by atoms with Gasteiger partial charge in [-0.05, 0) is 0 Å². The summed E-state index contributed by atoms with van der Waals surface area (Å²) in [6.07, 6.45) is 0. The van der Waals surface area contributed by atoms with Gasteiger partial charge in [-0.3, -0.25) is 9.59 Å². The first kappa shape index (κ1) is 20.9. The van der Waals surface area contributed by atoms with Crippen molar-refractivity contribution in [2.45, 2.75) is 13.8 Å². The molecule has 0 aliphatic carbocycles. The van der Waals surface area contributed by atoms with Crippen LogP contribution in [0, 0.1) is 0 Å². The zero-order valence-corrected chi connectivity index (χ0v) is 13.8. The summed E-state index contributed by atoms with van der Waals surface area (Å²) in [6.45, 7) is 3.21. The summed E-state index contributed by atoms with van der Waals surface area (Å²) < 4.78 is 21.3. The van der Waals surface area contributed by atoms with Gasteiger partial charge in [0.2, 0.25) is 11.8 Å². The monoisotopic (exact) mass is 339 g/mol. The summed E-state index contributed by atoms with van der Waals surface area (Å²) in [5.74, 6) is -0.426. The number of nitrogens with zero attached hydrogens (tertiary/aromatic N) is 2. The maximum atomic E-state index is 11.5. The molecule has 0 saturated carbocycles. The van der Waals surface area contributed by atoms with E-state index in [0.717, 1.165) is 0 Å². The molecule has 2 N–H and O–H groups in total. The predicted molar refractivity (Wildman–Crippen MR) is 78.2 cm³/mol. The highest BCUT2D eigenvalue weighted by Crippen LogP contribution is 2.23. The second-order valence-corrected chi connectivity index (χ2v) is 5.31. The molecular formula is C12H24N2O7P+. The van der Waals surface area contributed by atoms with Gasteiger partial charge in [0.25, 0.3) is 0 Å². The van der Waals surface area contributed by atoms with Crippen molar-refractivity contribution in [2.75, 3.05) is 52.6 Å². The molecule has 128 valence electrons. The van der Waals surface area contributed by atoms with Crippen LogP contribution in [0.1, 0.15) is 13.8 Å². The first-order chi connectivity index (χ1) is 10.4. The van der Waals surface area contributed by atoms with Crippen LogP contribution in [0.4, 0.5) is 0 Å². The van der Waals surface area contributed by atoms with Crippen molar-refractivity contribution in [2.24, 2.45) is 0 Å². The number of amides is 2. The number of carbonyl (C=O) groups is 2. The first-order valence-electron chi connectivity index (χ1n) is 6.88. The van der Waals surface area contributed by atoms with Crippen molar-refractivity contribution in [3.05, 3.63) is 0 Å². The van der Waals surface area contributed by atoms with E-state index >= 15 is 0 Å². The summed E-state index contributed by atoms with van der Waals surface area (Å²) in [5.41, 5.74) is 0. The van der Waals surface area contributed by atoms with Gasteiger partial charge in [-0.2, -0.15) is 0 Å². The van der Waals surface area contributed by atoms with Gasteiger partial charge in [-0.15, -0.1) is 9.05 Å². The lowest BCUT2D eigenvalue weighted by Crippen LogP contribution is -2.34. The molecule has 0 saturated heterocycles. The first-order valence-corrected chi connectivity index (χ1v) is 7.97. The molecule has 0 spiro atoms. The van der Waals surface area contributed by atoms with E-state index in [9.17, 15) is 14.2 Å². The van der Waals surface area contributed by atoms with Crippen LogP contribution in [-0.2, 0) is 23.2 Å². The normalized spacial score (nSPS) is 10.4. The van der Waals surface area contributed by atoms with E-state index in [1.165, 1.54) is 23.6 Å². The number of hydrogen-bond donors (Lipinski definition) is 2. The molecular weight excluding hydrogens is 315 g/mol. The van der Waals surface area contributed by atoms with Gasteiger partial charge in [-0.1, -0.05) is 0 Å². The smallest absolute Gasteiger partial charge is 0.395 e. The number of hydrogen-bond acceptors (Lipinski definition) is 7. The molecule has 0 aromatic heterocycles. The molecule has 9 nitrogen and oxygen atoms in total. The summed E-state index contributed by atoms with van der Waals surface area (Å²) >= 11 is 0. The molecule has 0 atom stereocenters. The molecule has 0 aliphatic rings. The van der Waals surface area contributed by atoms with Gasteiger partial charge in [0.15, 0.2) is 0 Å². The van der Waals surface area contributed by atoms with E-state index in [1.54, 1.807) is 0 Å². The largest absolute Gasteiger partial charge is 0.697 e. The van der Waals surface area contributed by atoms with Crippen molar-refractivity contribution < 1.29 is 33.4 Å². The Kier molecular flexibility index (Phi) is 11.8.